The van der Waals surface area contributed by atoms with Gasteiger partial charge in [0.05, 0.1) is 38.6 Å². The Kier molecular flexibility index (Phi) is 11.3. The second-order valence-electron chi connectivity index (χ2n) is 11.4. The lowest BCUT2D eigenvalue weighted by molar-refractivity contribution is -0.358. The number of carbonyl (C=O) groups excluding carboxylic acids is 1. The Morgan fingerprint density at radius 2 is 1.55 bits per heavy atom. The fourth-order valence-electron chi connectivity index (χ4n) is 5.69. The molecule has 42 heavy (non-hydrogen) atoms. The molecule has 4 aliphatic rings. The van der Waals surface area contributed by atoms with Gasteiger partial charge in [-0.1, -0.05) is 19.9 Å². The summed E-state index contributed by atoms with van der Waals surface area (Å²) in [5.41, 5.74) is 1.28. The zero-order valence-corrected chi connectivity index (χ0v) is 23.4. The van der Waals surface area contributed by atoms with Crippen molar-refractivity contribution in [2.45, 2.75) is 94.4 Å². The minimum absolute atomic E-state index is 0.0926. The normalized spacial score (nSPS) is 42.0. The topological polar surface area (TPSA) is 234 Å². The summed E-state index contributed by atoms with van der Waals surface area (Å²) in [5, 5.41) is 81.1. The molecule has 240 valence electrons. The van der Waals surface area contributed by atoms with Gasteiger partial charge in [0.2, 0.25) is 6.29 Å². The maximum absolute atomic E-state index is 12.3. The fourth-order valence-corrected chi connectivity index (χ4v) is 5.69. The van der Waals surface area contributed by atoms with Crippen LogP contribution in [0, 0.1) is 17.8 Å². The summed E-state index contributed by atoms with van der Waals surface area (Å²) in [7, 11) is 0. The zero-order valence-electron chi connectivity index (χ0n) is 23.4. The van der Waals surface area contributed by atoms with E-state index in [4.69, 9.17) is 28.4 Å². The molecule has 0 bridgehead atoms. The molecule has 0 aromatic rings. The van der Waals surface area contributed by atoms with Crippen molar-refractivity contribution in [3.8, 4) is 0 Å². The van der Waals surface area contributed by atoms with Gasteiger partial charge < -0.3 is 69.3 Å². The molecule has 13 atom stereocenters. The number of carbonyl (C=O) groups is 1. The molecule has 2 fully saturated rings. The lowest BCUT2D eigenvalue weighted by Gasteiger charge is -2.46. The molecule has 3 aliphatic heterocycles. The first-order valence-electron chi connectivity index (χ1n) is 14.0. The van der Waals surface area contributed by atoms with Crippen LogP contribution in [0.5, 0.6) is 0 Å². The first kappa shape index (κ1) is 33.2. The van der Waals surface area contributed by atoms with Gasteiger partial charge >= 0.3 is 5.97 Å². The van der Waals surface area contributed by atoms with Crippen LogP contribution < -0.4 is 0 Å². The first-order chi connectivity index (χ1) is 20.0. The molecule has 0 amide bonds. The van der Waals surface area contributed by atoms with Gasteiger partial charge in [0, 0.05) is 12.3 Å². The highest BCUT2D eigenvalue weighted by Crippen LogP contribution is 2.43. The molecule has 0 aromatic carbocycles. The van der Waals surface area contributed by atoms with Gasteiger partial charge in [-0.2, -0.15) is 0 Å². The molecule has 15 heteroatoms. The van der Waals surface area contributed by atoms with Gasteiger partial charge in [-0.25, -0.2) is 0 Å². The largest absolute Gasteiger partial charge is 0.462 e. The number of aliphatic hydroxyl groups is 8. The zero-order chi connectivity index (χ0) is 30.7. The van der Waals surface area contributed by atoms with Crippen molar-refractivity contribution >= 4 is 5.97 Å². The first-order valence-corrected chi connectivity index (χ1v) is 14.0. The summed E-state index contributed by atoms with van der Waals surface area (Å²) in [6, 6.07) is 0. The molecule has 8 N–H and O–H groups in total. The minimum Gasteiger partial charge on any atom is -0.462 e. The van der Waals surface area contributed by atoms with Gasteiger partial charge in [0.1, 0.15) is 48.8 Å². The summed E-state index contributed by atoms with van der Waals surface area (Å²) >= 11 is 0. The molecule has 2 saturated heterocycles. The SMILES string of the molecule is CC(C)CC(=O)O[C@@H]1OC=C(CO[C@@H]2O[C@H](CO)[C@@H](O[C@@H]3O[C@H](CO)[C@@H](O)[C@H](O)[C@H]3O)[C@H](O)[C@H]2O)[C@H]2CC=C(CO)[C@@H]12. The number of ether oxygens (including phenoxy) is 6. The highest BCUT2D eigenvalue weighted by molar-refractivity contribution is 5.69. The lowest BCUT2D eigenvalue weighted by atomic mass is 9.84. The molecule has 3 heterocycles. The lowest BCUT2D eigenvalue weighted by Crippen LogP contribution is -2.64. The predicted molar refractivity (Wildman–Crippen MR) is 138 cm³/mol. The van der Waals surface area contributed by atoms with Crippen molar-refractivity contribution in [1.29, 1.82) is 0 Å². The summed E-state index contributed by atoms with van der Waals surface area (Å²) in [6.07, 6.45) is -12.6. The van der Waals surface area contributed by atoms with E-state index in [-0.39, 0.29) is 31.5 Å². The Morgan fingerprint density at radius 3 is 2.19 bits per heavy atom. The molecule has 0 saturated carbocycles. The van der Waals surface area contributed by atoms with Crippen molar-refractivity contribution in [2.24, 2.45) is 17.8 Å². The maximum atomic E-state index is 12.3. The third kappa shape index (κ3) is 6.98. The Hall–Kier alpha value is -1.73. The van der Waals surface area contributed by atoms with Crippen LogP contribution in [0.15, 0.2) is 23.5 Å². The number of fused-ring (bicyclic) bond motifs is 1. The van der Waals surface area contributed by atoms with Crippen LogP contribution >= 0.6 is 0 Å². The van der Waals surface area contributed by atoms with E-state index in [9.17, 15) is 45.6 Å². The Balaban J connectivity index is 1.39. The minimum atomic E-state index is -1.77. The molecule has 1 aliphatic carbocycles. The summed E-state index contributed by atoms with van der Waals surface area (Å²) in [6.45, 7) is 2.00. The van der Waals surface area contributed by atoms with E-state index in [2.05, 4.69) is 0 Å². The van der Waals surface area contributed by atoms with E-state index in [0.717, 1.165) is 0 Å². The second kappa shape index (κ2) is 14.4. The smallest absolute Gasteiger partial charge is 0.309 e. The van der Waals surface area contributed by atoms with E-state index in [1.165, 1.54) is 6.26 Å². The monoisotopic (exact) mass is 606 g/mol. The molecule has 0 aromatic heterocycles. The van der Waals surface area contributed by atoms with Crippen LogP contribution in [0.3, 0.4) is 0 Å². The van der Waals surface area contributed by atoms with Crippen molar-refractivity contribution in [3.05, 3.63) is 23.5 Å². The van der Waals surface area contributed by atoms with Crippen LogP contribution in [0.1, 0.15) is 26.7 Å². The molecule has 15 nitrogen and oxygen atoms in total. The van der Waals surface area contributed by atoms with E-state index in [0.29, 0.717) is 17.6 Å². The number of allylic oxidation sites excluding steroid dienone is 1. The van der Waals surface area contributed by atoms with Crippen molar-refractivity contribution in [1.82, 2.24) is 0 Å². The highest BCUT2D eigenvalue weighted by Gasteiger charge is 2.51. The van der Waals surface area contributed by atoms with Gasteiger partial charge in [-0.05, 0) is 23.5 Å². The molecule has 0 unspecified atom stereocenters. The average Bonchev–Trinajstić information content (AvgIpc) is 3.40. The number of hydrogen-bond acceptors (Lipinski definition) is 15. The molecular weight excluding hydrogens is 564 g/mol. The molecule has 0 spiro atoms. The van der Waals surface area contributed by atoms with Gasteiger partial charge in [0.15, 0.2) is 12.6 Å². The van der Waals surface area contributed by atoms with Crippen LogP contribution in [0.2, 0.25) is 0 Å². The standard InChI is InChI=1S/C27H42O15/c1-11(2)5-17(31)41-25-18-12(6-28)3-4-14(18)13(9-37-25)10-38-26-23(36)21(34)24(16(8-30)40-26)42-27-22(35)20(33)19(32)15(7-29)39-27/h3,9,11,14-16,18-30,32-36H,4-8,10H2,1-2H3/t14-,15-,16-,18-,19-,20+,21-,22-,23-,24-,25+,26-,27+/m1/s1. The number of rotatable bonds is 11. The number of aliphatic hydroxyl groups excluding tert-OH is 8. The Morgan fingerprint density at radius 1 is 0.881 bits per heavy atom. The van der Waals surface area contributed by atoms with Crippen LogP contribution in [-0.2, 0) is 33.2 Å². The third-order valence-corrected chi connectivity index (χ3v) is 8.00. The average molecular weight is 607 g/mol. The molecular formula is C27H42O15. The Labute approximate surface area is 242 Å². The van der Waals surface area contributed by atoms with Crippen molar-refractivity contribution in [2.75, 3.05) is 26.4 Å². The third-order valence-electron chi connectivity index (χ3n) is 8.00. The molecule has 0 radical (unpaired) electrons. The van der Waals surface area contributed by atoms with Gasteiger partial charge in [-0.3, -0.25) is 4.79 Å². The van der Waals surface area contributed by atoms with Crippen LogP contribution in [0.4, 0.5) is 0 Å². The highest BCUT2D eigenvalue weighted by atomic mass is 16.7. The van der Waals surface area contributed by atoms with Crippen molar-refractivity contribution < 1.29 is 74.1 Å². The predicted octanol–water partition coefficient (Wildman–Crippen LogP) is -2.99. The van der Waals surface area contributed by atoms with E-state index < -0.39 is 92.8 Å². The van der Waals surface area contributed by atoms with E-state index in [1.54, 1.807) is 0 Å². The van der Waals surface area contributed by atoms with Crippen LogP contribution in [0.25, 0.3) is 0 Å². The summed E-state index contributed by atoms with van der Waals surface area (Å²) in [4.78, 5) is 12.3. The number of esters is 1. The Bertz CT molecular complexity index is 967. The van der Waals surface area contributed by atoms with E-state index >= 15 is 0 Å². The van der Waals surface area contributed by atoms with Gasteiger partial charge in [-0.15, -0.1) is 0 Å². The fraction of sp³-hybridized carbons (Fsp3) is 0.815. The summed E-state index contributed by atoms with van der Waals surface area (Å²) in [5.74, 6) is -1.01. The second-order valence-corrected chi connectivity index (χ2v) is 11.4. The quantitative estimate of drug-likeness (QED) is 0.0865. The number of hydrogen-bond donors (Lipinski definition) is 8. The van der Waals surface area contributed by atoms with Gasteiger partial charge in [0.25, 0.3) is 0 Å². The summed E-state index contributed by atoms with van der Waals surface area (Å²) < 4.78 is 33.6. The van der Waals surface area contributed by atoms with Crippen molar-refractivity contribution in [3.63, 3.8) is 0 Å². The maximum Gasteiger partial charge on any atom is 0.309 e. The van der Waals surface area contributed by atoms with E-state index in [1.807, 2.05) is 19.9 Å². The van der Waals surface area contributed by atoms with Crippen LogP contribution in [-0.4, -0.2) is 141 Å². The molecule has 4 rings (SSSR count).